The molecule has 1 fully saturated rings. The van der Waals surface area contributed by atoms with Gasteiger partial charge in [-0.2, -0.15) is 0 Å². The molecule has 0 spiro atoms. The molecule has 9 heavy (non-hydrogen) atoms. The molecular weight excluding hydrogens is 223 g/mol. The fraction of sp³-hybridized carbons (Fsp3) is 1.00. The van der Waals surface area contributed by atoms with Crippen molar-refractivity contribution in [3.63, 3.8) is 0 Å². The largest absolute Gasteiger partial charge is 0.371 e. The van der Waals surface area contributed by atoms with E-state index in [4.69, 9.17) is 34.8 Å². The zero-order chi connectivity index (χ0) is 7.12. The van der Waals surface area contributed by atoms with Crippen LogP contribution in [-0.2, 0) is 0 Å². The third-order valence-electron chi connectivity index (χ3n) is 0.860. The fourth-order valence-electron chi connectivity index (χ4n) is 0.329. The van der Waals surface area contributed by atoms with Crippen molar-refractivity contribution in [1.29, 1.82) is 0 Å². The zero-order valence-corrected chi connectivity index (χ0v) is 8.01. The highest BCUT2D eigenvalue weighted by Gasteiger charge is 2.53. The summed E-state index contributed by atoms with van der Waals surface area (Å²) in [6.45, 7) is 0. The average Bonchev–Trinajstić information content (AvgIpc) is 1.81. The Bertz CT molecular complexity index is 112. The number of hydrogen-bond acceptors (Lipinski definition) is 3. The highest BCUT2D eigenvalue weighted by molar-refractivity contribution is 8.78. The van der Waals surface area contributed by atoms with Crippen LogP contribution in [0.15, 0.2) is 0 Å². The Morgan fingerprint density at radius 3 is 2.00 bits per heavy atom. The fourth-order valence-corrected chi connectivity index (χ4v) is 4.45. The Hall–Kier alpha value is 1.53. The summed E-state index contributed by atoms with van der Waals surface area (Å²) in [6, 6.07) is 0. The van der Waals surface area contributed by atoms with E-state index in [1.165, 1.54) is 21.6 Å². The van der Waals surface area contributed by atoms with Gasteiger partial charge in [0.05, 0.1) is 5.75 Å². The van der Waals surface area contributed by atoms with Gasteiger partial charge in [0.2, 0.25) is 3.67 Å². The van der Waals surface area contributed by atoms with E-state index < -0.39 is 8.73 Å². The van der Waals surface area contributed by atoms with E-state index in [2.05, 4.69) is 0 Å². The van der Waals surface area contributed by atoms with Crippen LogP contribution < -0.4 is 0 Å². The van der Waals surface area contributed by atoms with Gasteiger partial charge in [0.25, 0.3) is 0 Å². The molecular formula is C3H3Cl3OS2. The molecule has 0 aliphatic carbocycles. The summed E-state index contributed by atoms with van der Waals surface area (Å²) in [5, 5.41) is 7.70. The van der Waals surface area contributed by atoms with Crippen LogP contribution in [0.25, 0.3) is 0 Å². The second-order valence-electron chi connectivity index (χ2n) is 1.62. The van der Waals surface area contributed by atoms with E-state index in [9.17, 15) is 5.11 Å². The van der Waals surface area contributed by atoms with Gasteiger partial charge in [-0.05, 0) is 0 Å². The Kier molecular flexibility index (Phi) is 2.43. The van der Waals surface area contributed by atoms with Gasteiger partial charge in [0.15, 0.2) is 5.06 Å². The Balaban J connectivity index is 2.75. The van der Waals surface area contributed by atoms with E-state index in [0.29, 0.717) is 5.75 Å². The molecule has 0 amide bonds. The first-order valence-corrected chi connectivity index (χ1v) is 5.51. The van der Waals surface area contributed by atoms with Crippen LogP contribution in [0.4, 0.5) is 0 Å². The average molecular weight is 226 g/mol. The lowest BCUT2D eigenvalue weighted by molar-refractivity contribution is 0.163. The summed E-state index contributed by atoms with van der Waals surface area (Å²) >= 11 is 16.7. The number of rotatable bonds is 0. The van der Waals surface area contributed by atoms with Crippen LogP contribution in [0.2, 0.25) is 0 Å². The molecule has 1 N–H and O–H groups in total. The quantitative estimate of drug-likeness (QED) is 0.505. The monoisotopic (exact) mass is 224 g/mol. The molecule has 54 valence electrons. The van der Waals surface area contributed by atoms with E-state index in [-0.39, 0.29) is 0 Å². The van der Waals surface area contributed by atoms with E-state index in [1.54, 1.807) is 0 Å². The molecule has 1 unspecified atom stereocenters. The van der Waals surface area contributed by atoms with Crippen molar-refractivity contribution >= 4 is 56.4 Å². The molecule has 0 aromatic rings. The molecule has 1 rings (SSSR count). The zero-order valence-electron chi connectivity index (χ0n) is 4.10. The molecule has 1 aliphatic heterocycles. The molecule has 0 saturated carbocycles. The van der Waals surface area contributed by atoms with E-state index in [1.807, 2.05) is 0 Å². The van der Waals surface area contributed by atoms with Gasteiger partial charge in [-0.1, -0.05) is 56.4 Å². The molecule has 1 atom stereocenters. The van der Waals surface area contributed by atoms with Gasteiger partial charge in [-0.25, -0.2) is 0 Å². The van der Waals surface area contributed by atoms with Crippen molar-refractivity contribution in [2.75, 3.05) is 5.75 Å². The number of halogens is 3. The van der Waals surface area contributed by atoms with Crippen LogP contribution in [0.1, 0.15) is 0 Å². The van der Waals surface area contributed by atoms with Crippen molar-refractivity contribution in [2.24, 2.45) is 0 Å². The lowest BCUT2D eigenvalue weighted by atomic mass is 10.4. The first-order chi connectivity index (χ1) is 3.96. The molecule has 0 bridgehead atoms. The topological polar surface area (TPSA) is 20.2 Å². The molecule has 6 heteroatoms. The van der Waals surface area contributed by atoms with Crippen molar-refractivity contribution in [3.8, 4) is 0 Å². The van der Waals surface area contributed by atoms with E-state index in [0.717, 1.165) is 0 Å². The molecule has 0 radical (unpaired) electrons. The van der Waals surface area contributed by atoms with Crippen LogP contribution >= 0.6 is 56.4 Å². The predicted octanol–water partition coefficient (Wildman–Crippen LogP) is 2.44. The summed E-state index contributed by atoms with van der Waals surface area (Å²) < 4.78 is -1.26. The van der Waals surface area contributed by atoms with Gasteiger partial charge < -0.3 is 5.11 Å². The lowest BCUT2D eigenvalue weighted by Crippen LogP contribution is -2.36. The maximum absolute atomic E-state index is 9.18. The minimum absolute atomic E-state index is 0.353. The van der Waals surface area contributed by atoms with Crippen LogP contribution in [0, 0.1) is 0 Å². The van der Waals surface area contributed by atoms with Crippen molar-refractivity contribution < 1.29 is 5.11 Å². The highest BCUT2D eigenvalue weighted by atomic mass is 35.5. The third-order valence-corrected chi connectivity index (χ3v) is 6.04. The number of hydrogen-bond donors (Lipinski definition) is 1. The molecule has 1 saturated heterocycles. The van der Waals surface area contributed by atoms with Gasteiger partial charge in [-0.15, -0.1) is 0 Å². The first kappa shape index (κ1) is 8.62. The summed E-state index contributed by atoms with van der Waals surface area (Å²) in [5.41, 5.74) is 0. The standard InChI is InChI=1S/C3H3Cl3OS2/c4-2(7)1-8-9-3(2,5)6/h7H,1H2. The van der Waals surface area contributed by atoms with Gasteiger partial charge in [0, 0.05) is 0 Å². The molecule has 1 heterocycles. The minimum Gasteiger partial charge on any atom is -0.371 e. The lowest BCUT2D eigenvalue weighted by Gasteiger charge is -2.22. The maximum Gasteiger partial charge on any atom is 0.216 e. The van der Waals surface area contributed by atoms with Gasteiger partial charge >= 0.3 is 0 Å². The van der Waals surface area contributed by atoms with E-state index >= 15 is 0 Å². The summed E-state index contributed by atoms with van der Waals surface area (Å²) in [4.78, 5) is 0. The summed E-state index contributed by atoms with van der Waals surface area (Å²) in [6.07, 6.45) is 0. The van der Waals surface area contributed by atoms with Crippen LogP contribution in [0.3, 0.4) is 0 Å². The smallest absolute Gasteiger partial charge is 0.216 e. The van der Waals surface area contributed by atoms with Crippen molar-refractivity contribution in [3.05, 3.63) is 0 Å². The normalized spacial score (nSPS) is 41.3. The van der Waals surface area contributed by atoms with Gasteiger partial charge in [-0.3, -0.25) is 0 Å². The Morgan fingerprint density at radius 1 is 1.33 bits per heavy atom. The van der Waals surface area contributed by atoms with Gasteiger partial charge in [0.1, 0.15) is 0 Å². The summed E-state index contributed by atoms with van der Waals surface area (Å²) in [5.74, 6) is 0.353. The molecule has 1 aliphatic rings. The Labute approximate surface area is 75.8 Å². The van der Waals surface area contributed by atoms with Crippen LogP contribution in [0.5, 0.6) is 0 Å². The predicted molar refractivity (Wildman–Crippen MR) is 45.3 cm³/mol. The second-order valence-corrected chi connectivity index (χ2v) is 6.53. The molecule has 0 aromatic heterocycles. The maximum atomic E-state index is 9.18. The first-order valence-electron chi connectivity index (χ1n) is 2.05. The summed E-state index contributed by atoms with van der Waals surface area (Å²) in [7, 11) is 2.53. The number of alkyl halides is 3. The third kappa shape index (κ3) is 1.57. The number of aliphatic hydroxyl groups is 1. The molecule has 0 aromatic carbocycles. The molecule has 1 nitrogen and oxygen atoms in total. The second kappa shape index (κ2) is 2.54. The minimum atomic E-state index is -1.48. The van der Waals surface area contributed by atoms with Crippen molar-refractivity contribution in [1.82, 2.24) is 0 Å². The highest BCUT2D eigenvalue weighted by Crippen LogP contribution is 2.59. The van der Waals surface area contributed by atoms with Crippen molar-refractivity contribution in [2.45, 2.75) is 8.73 Å². The van der Waals surface area contributed by atoms with Crippen LogP contribution in [-0.4, -0.2) is 19.6 Å². The SMILES string of the molecule is OC1(Cl)CSSC1(Cl)Cl. The Morgan fingerprint density at radius 2 is 1.89 bits per heavy atom.